The van der Waals surface area contributed by atoms with Crippen LogP contribution in [0.3, 0.4) is 0 Å². The number of likely N-dealkylation sites (tertiary alicyclic amines) is 1. The number of amides is 1. The van der Waals surface area contributed by atoms with Crippen LogP contribution in [0.25, 0.3) is 0 Å². The van der Waals surface area contributed by atoms with Crippen molar-refractivity contribution in [3.63, 3.8) is 0 Å². The largest absolute Gasteiger partial charge is 0.496 e. The van der Waals surface area contributed by atoms with Gasteiger partial charge in [-0.25, -0.2) is 0 Å². The van der Waals surface area contributed by atoms with Gasteiger partial charge in [-0.15, -0.1) is 0 Å². The first-order valence-corrected chi connectivity index (χ1v) is 7.56. The van der Waals surface area contributed by atoms with Crippen molar-refractivity contribution in [2.75, 3.05) is 27.3 Å². The summed E-state index contributed by atoms with van der Waals surface area (Å²) < 4.78 is 10.7. The monoisotopic (exact) mass is 355 g/mol. The van der Waals surface area contributed by atoms with Crippen LogP contribution in [0.2, 0.25) is 0 Å². The zero-order chi connectivity index (χ0) is 15.4. The molecule has 114 valence electrons. The van der Waals surface area contributed by atoms with E-state index in [0.29, 0.717) is 24.4 Å². The maximum Gasteiger partial charge on any atom is 0.310 e. The highest BCUT2D eigenvalue weighted by Gasteiger charge is 2.29. The Morgan fingerprint density at radius 1 is 1.33 bits per heavy atom. The van der Waals surface area contributed by atoms with Gasteiger partial charge in [-0.1, -0.05) is 0 Å². The number of hydrogen-bond acceptors (Lipinski definition) is 4. The second kappa shape index (κ2) is 6.93. The minimum absolute atomic E-state index is 0.0769. The molecule has 0 aliphatic carbocycles. The summed E-state index contributed by atoms with van der Waals surface area (Å²) in [5, 5.41) is 0. The van der Waals surface area contributed by atoms with Crippen molar-refractivity contribution in [1.82, 2.24) is 4.90 Å². The van der Waals surface area contributed by atoms with Gasteiger partial charge >= 0.3 is 5.97 Å². The maximum atomic E-state index is 12.5. The standard InChI is InChI=1S/C15H18BrNO4/c1-20-13-6-5-10(8-12(13)16)14(18)17-7-3-4-11(9-17)15(19)21-2/h5-6,8,11H,3-4,7,9H2,1-2H3/t11-/m0/s1. The summed E-state index contributed by atoms with van der Waals surface area (Å²) >= 11 is 3.38. The van der Waals surface area contributed by atoms with E-state index in [-0.39, 0.29) is 17.8 Å². The van der Waals surface area contributed by atoms with Crippen LogP contribution in [0.15, 0.2) is 22.7 Å². The smallest absolute Gasteiger partial charge is 0.310 e. The van der Waals surface area contributed by atoms with Crippen LogP contribution in [-0.2, 0) is 9.53 Å². The number of esters is 1. The van der Waals surface area contributed by atoms with Gasteiger partial charge in [0.15, 0.2) is 0 Å². The van der Waals surface area contributed by atoms with Crippen LogP contribution >= 0.6 is 15.9 Å². The van der Waals surface area contributed by atoms with E-state index >= 15 is 0 Å². The first kappa shape index (κ1) is 15.8. The van der Waals surface area contributed by atoms with Gasteiger partial charge in [0.05, 0.1) is 24.6 Å². The first-order chi connectivity index (χ1) is 10.1. The molecular formula is C15H18BrNO4. The van der Waals surface area contributed by atoms with E-state index in [0.717, 1.165) is 17.3 Å². The Morgan fingerprint density at radius 3 is 2.71 bits per heavy atom. The van der Waals surface area contributed by atoms with E-state index in [1.54, 1.807) is 30.2 Å². The Balaban J connectivity index is 2.12. The molecule has 0 unspecified atom stereocenters. The van der Waals surface area contributed by atoms with E-state index in [2.05, 4.69) is 15.9 Å². The molecule has 1 aromatic carbocycles. The highest BCUT2D eigenvalue weighted by Crippen LogP contribution is 2.27. The summed E-state index contributed by atoms with van der Waals surface area (Å²) in [5.74, 6) is 0.127. The molecule has 1 atom stereocenters. The number of ether oxygens (including phenoxy) is 2. The molecule has 1 aliphatic rings. The van der Waals surface area contributed by atoms with E-state index < -0.39 is 0 Å². The molecular weight excluding hydrogens is 338 g/mol. The zero-order valence-corrected chi connectivity index (χ0v) is 13.7. The quantitative estimate of drug-likeness (QED) is 0.781. The predicted molar refractivity (Wildman–Crippen MR) is 81.3 cm³/mol. The van der Waals surface area contributed by atoms with Crippen LogP contribution in [0.5, 0.6) is 5.75 Å². The van der Waals surface area contributed by atoms with Crippen LogP contribution in [0, 0.1) is 5.92 Å². The van der Waals surface area contributed by atoms with Gasteiger partial charge in [-0.3, -0.25) is 9.59 Å². The van der Waals surface area contributed by atoms with Crippen molar-refractivity contribution < 1.29 is 19.1 Å². The normalized spacial score (nSPS) is 18.2. The number of carbonyl (C=O) groups is 2. The zero-order valence-electron chi connectivity index (χ0n) is 12.1. The number of carbonyl (C=O) groups excluding carboxylic acids is 2. The van der Waals surface area contributed by atoms with Crippen LogP contribution in [0.4, 0.5) is 0 Å². The van der Waals surface area contributed by atoms with E-state index in [4.69, 9.17) is 9.47 Å². The summed E-state index contributed by atoms with van der Waals surface area (Å²) in [7, 11) is 2.96. The van der Waals surface area contributed by atoms with Crippen molar-refractivity contribution in [2.45, 2.75) is 12.8 Å². The third-order valence-electron chi connectivity index (χ3n) is 3.64. The lowest BCUT2D eigenvalue weighted by Crippen LogP contribution is -2.42. The molecule has 1 heterocycles. The average Bonchev–Trinajstić information content (AvgIpc) is 2.53. The van der Waals surface area contributed by atoms with Crippen LogP contribution in [-0.4, -0.2) is 44.1 Å². The predicted octanol–water partition coefficient (Wildman–Crippen LogP) is 2.48. The SMILES string of the molecule is COC(=O)[C@H]1CCCN(C(=O)c2ccc(OC)c(Br)c2)C1. The molecule has 0 aromatic heterocycles. The lowest BCUT2D eigenvalue weighted by atomic mass is 9.97. The Hall–Kier alpha value is -1.56. The second-order valence-electron chi connectivity index (χ2n) is 4.96. The Kier molecular flexibility index (Phi) is 5.22. The van der Waals surface area contributed by atoms with Gasteiger partial charge in [0.1, 0.15) is 5.75 Å². The third kappa shape index (κ3) is 3.56. The lowest BCUT2D eigenvalue weighted by molar-refractivity contribution is -0.146. The number of piperidine rings is 1. The minimum atomic E-state index is -0.247. The topological polar surface area (TPSA) is 55.8 Å². The molecule has 21 heavy (non-hydrogen) atoms. The summed E-state index contributed by atoms with van der Waals surface area (Å²) in [5.41, 5.74) is 0.577. The van der Waals surface area contributed by atoms with Gasteiger partial charge in [0.25, 0.3) is 5.91 Å². The molecule has 1 fully saturated rings. The highest BCUT2D eigenvalue weighted by atomic mass is 79.9. The molecule has 1 aliphatic heterocycles. The summed E-state index contributed by atoms with van der Waals surface area (Å²) in [6.45, 7) is 1.07. The molecule has 1 saturated heterocycles. The molecule has 1 amide bonds. The fraction of sp³-hybridized carbons (Fsp3) is 0.467. The summed E-state index contributed by atoms with van der Waals surface area (Å²) in [4.78, 5) is 25.9. The number of hydrogen-bond donors (Lipinski definition) is 0. The lowest BCUT2D eigenvalue weighted by Gasteiger charge is -2.31. The van der Waals surface area contributed by atoms with Crippen molar-refractivity contribution in [3.8, 4) is 5.75 Å². The first-order valence-electron chi connectivity index (χ1n) is 6.77. The van der Waals surface area contributed by atoms with Crippen molar-refractivity contribution in [1.29, 1.82) is 0 Å². The molecule has 0 saturated carbocycles. The van der Waals surface area contributed by atoms with Gasteiger partial charge in [0, 0.05) is 18.7 Å². The number of methoxy groups -OCH3 is 2. The van der Waals surface area contributed by atoms with Gasteiger partial charge < -0.3 is 14.4 Å². The van der Waals surface area contributed by atoms with Gasteiger partial charge in [0.2, 0.25) is 0 Å². The molecule has 2 rings (SSSR count). The highest BCUT2D eigenvalue weighted by molar-refractivity contribution is 9.10. The van der Waals surface area contributed by atoms with Crippen molar-refractivity contribution >= 4 is 27.8 Å². The number of nitrogens with zero attached hydrogens (tertiary/aromatic N) is 1. The number of halogens is 1. The van der Waals surface area contributed by atoms with Gasteiger partial charge in [-0.05, 0) is 47.0 Å². The summed E-state index contributed by atoms with van der Waals surface area (Å²) in [6, 6.07) is 5.22. The molecule has 1 aromatic rings. The molecule has 0 bridgehead atoms. The van der Waals surface area contributed by atoms with E-state index in [9.17, 15) is 9.59 Å². The number of benzene rings is 1. The third-order valence-corrected chi connectivity index (χ3v) is 4.26. The molecule has 5 nitrogen and oxygen atoms in total. The Labute approximate surface area is 132 Å². The van der Waals surface area contributed by atoms with E-state index in [1.165, 1.54) is 7.11 Å². The van der Waals surface area contributed by atoms with Crippen LogP contribution in [0.1, 0.15) is 23.2 Å². The number of rotatable bonds is 3. The average molecular weight is 356 g/mol. The maximum absolute atomic E-state index is 12.5. The second-order valence-corrected chi connectivity index (χ2v) is 5.82. The summed E-state index contributed by atoms with van der Waals surface area (Å²) in [6.07, 6.45) is 1.57. The minimum Gasteiger partial charge on any atom is -0.496 e. The van der Waals surface area contributed by atoms with Gasteiger partial charge in [-0.2, -0.15) is 0 Å². The van der Waals surface area contributed by atoms with Crippen molar-refractivity contribution in [2.24, 2.45) is 5.92 Å². The van der Waals surface area contributed by atoms with E-state index in [1.807, 2.05) is 0 Å². The Morgan fingerprint density at radius 2 is 2.10 bits per heavy atom. The fourth-order valence-corrected chi connectivity index (χ4v) is 3.04. The molecule has 6 heteroatoms. The van der Waals surface area contributed by atoms with Crippen molar-refractivity contribution in [3.05, 3.63) is 28.2 Å². The molecule has 0 radical (unpaired) electrons. The molecule has 0 N–H and O–H groups in total. The van der Waals surface area contributed by atoms with Crippen LogP contribution < -0.4 is 4.74 Å². The molecule has 0 spiro atoms. The Bertz CT molecular complexity index is 546. The fourth-order valence-electron chi connectivity index (χ4n) is 2.50.